The van der Waals surface area contributed by atoms with Crippen molar-refractivity contribution in [2.45, 2.75) is 46.8 Å². The quantitative estimate of drug-likeness (QED) is 0.533. The summed E-state index contributed by atoms with van der Waals surface area (Å²) < 4.78 is 5.31. The lowest BCUT2D eigenvalue weighted by atomic mass is 10.1. The van der Waals surface area contributed by atoms with E-state index in [1.54, 1.807) is 45.0 Å². The van der Waals surface area contributed by atoms with Crippen molar-refractivity contribution < 1.29 is 24.2 Å². The Morgan fingerprint density at radius 2 is 1.70 bits per heavy atom. The van der Waals surface area contributed by atoms with E-state index in [0.29, 0.717) is 28.1 Å². The van der Waals surface area contributed by atoms with Crippen LogP contribution in [-0.2, 0) is 9.53 Å². The van der Waals surface area contributed by atoms with Gasteiger partial charge in [0.2, 0.25) is 11.7 Å². The van der Waals surface area contributed by atoms with Crippen LogP contribution in [-0.4, -0.2) is 33.9 Å². The van der Waals surface area contributed by atoms with Crippen LogP contribution in [0.2, 0.25) is 0 Å². The number of ketones is 1. The van der Waals surface area contributed by atoms with E-state index < -0.39 is 18.2 Å². The summed E-state index contributed by atoms with van der Waals surface area (Å²) >= 11 is 0. The Labute approximate surface area is 157 Å². The number of Topliss-reactive ketones (excluding diaryl/α,β-unsaturated/α-hetero) is 1. The number of carbonyl (C=O) groups is 3. The van der Waals surface area contributed by atoms with E-state index in [4.69, 9.17) is 4.74 Å². The van der Waals surface area contributed by atoms with Gasteiger partial charge < -0.3 is 20.1 Å². The average molecular weight is 372 g/mol. The number of rotatable bonds is 6. The van der Waals surface area contributed by atoms with Gasteiger partial charge in [-0.25, -0.2) is 4.79 Å². The number of ether oxygens (including phenoxy) is 1. The predicted molar refractivity (Wildman–Crippen MR) is 101 cm³/mol. The second-order valence-corrected chi connectivity index (χ2v) is 6.51. The fraction of sp³-hybridized carbons (Fsp3) is 0.350. The summed E-state index contributed by atoms with van der Waals surface area (Å²) in [6.45, 7) is 8.00. The number of aliphatic hydroxyl groups excluding tert-OH is 1. The second-order valence-electron chi connectivity index (χ2n) is 6.51. The smallest absolute Gasteiger partial charge is 0.355 e. The molecule has 0 fully saturated rings. The maximum atomic E-state index is 12.5. The van der Waals surface area contributed by atoms with Crippen molar-refractivity contribution in [3.05, 3.63) is 52.3 Å². The molecule has 0 aliphatic carbocycles. The number of aryl methyl sites for hydroxylation is 1. The normalized spacial score (nSPS) is 13.0. The Kier molecular flexibility index (Phi) is 6.17. The van der Waals surface area contributed by atoms with Gasteiger partial charge in [-0.2, -0.15) is 0 Å². The Balaban J connectivity index is 2.11. The molecule has 1 amide bonds. The van der Waals surface area contributed by atoms with Gasteiger partial charge in [0.15, 0.2) is 6.10 Å². The molecule has 27 heavy (non-hydrogen) atoms. The molecule has 7 nitrogen and oxygen atoms in total. The molecule has 3 N–H and O–H groups in total. The highest BCUT2D eigenvalue weighted by molar-refractivity contribution is 6.02. The van der Waals surface area contributed by atoms with Crippen LogP contribution in [0.1, 0.15) is 64.5 Å². The molecule has 144 valence electrons. The number of aromatic nitrogens is 1. The van der Waals surface area contributed by atoms with E-state index in [1.807, 2.05) is 0 Å². The number of aliphatic hydroxyl groups is 1. The molecule has 0 unspecified atom stereocenters. The molecular weight excluding hydrogens is 348 g/mol. The summed E-state index contributed by atoms with van der Waals surface area (Å²) in [5.41, 5.74) is 3.10. The van der Waals surface area contributed by atoms with Crippen molar-refractivity contribution in [3.8, 4) is 0 Å². The van der Waals surface area contributed by atoms with Crippen molar-refractivity contribution in [3.63, 3.8) is 0 Å². The van der Waals surface area contributed by atoms with Crippen LogP contribution < -0.4 is 5.32 Å². The van der Waals surface area contributed by atoms with Gasteiger partial charge in [0.25, 0.3) is 0 Å². The van der Waals surface area contributed by atoms with E-state index >= 15 is 0 Å². The summed E-state index contributed by atoms with van der Waals surface area (Å²) in [4.78, 5) is 38.9. The van der Waals surface area contributed by atoms with Crippen molar-refractivity contribution in [2.24, 2.45) is 0 Å². The third-order valence-corrected chi connectivity index (χ3v) is 4.26. The highest BCUT2D eigenvalue weighted by Gasteiger charge is 2.25. The second kappa shape index (κ2) is 8.18. The number of esters is 1. The van der Waals surface area contributed by atoms with Crippen molar-refractivity contribution in [1.82, 2.24) is 4.98 Å². The average Bonchev–Trinajstić information content (AvgIpc) is 2.89. The van der Waals surface area contributed by atoms with Gasteiger partial charge in [-0.1, -0.05) is 0 Å². The van der Waals surface area contributed by atoms with Crippen LogP contribution in [0.15, 0.2) is 24.3 Å². The molecule has 0 saturated heterocycles. The lowest BCUT2D eigenvalue weighted by molar-refractivity contribution is -0.114. The van der Waals surface area contributed by atoms with E-state index in [1.165, 1.54) is 13.8 Å². The number of carbonyl (C=O) groups excluding carboxylic acids is 3. The highest BCUT2D eigenvalue weighted by Crippen LogP contribution is 2.25. The first-order chi connectivity index (χ1) is 12.6. The first-order valence-electron chi connectivity index (χ1n) is 8.61. The lowest BCUT2D eigenvalue weighted by Crippen LogP contribution is -2.25. The summed E-state index contributed by atoms with van der Waals surface area (Å²) in [6, 6.07) is 6.34. The Morgan fingerprint density at radius 3 is 2.19 bits per heavy atom. The van der Waals surface area contributed by atoms with Gasteiger partial charge in [0.1, 0.15) is 5.69 Å². The molecular formula is C20H24N2O5. The Hall–Kier alpha value is -2.93. The number of aromatic amines is 1. The number of anilines is 1. The third kappa shape index (κ3) is 4.62. The lowest BCUT2D eigenvalue weighted by Gasteiger charge is -2.13. The molecule has 0 bridgehead atoms. The Bertz CT molecular complexity index is 865. The van der Waals surface area contributed by atoms with E-state index in [9.17, 15) is 19.5 Å². The molecule has 0 saturated carbocycles. The highest BCUT2D eigenvalue weighted by atomic mass is 16.5. The number of hydrogen-bond acceptors (Lipinski definition) is 5. The van der Waals surface area contributed by atoms with Gasteiger partial charge in [0.05, 0.1) is 6.10 Å². The molecule has 0 spiro atoms. The maximum absolute atomic E-state index is 12.5. The van der Waals surface area contributed by atoms with Crippen LogP contribution in [0.4, 0.5) is 5.69 Å². The molecule has 1 heterocycles. The van der Waals surface area contributed by atoms with E-state index in [2.05, 4.69) is 10.3 Å². The summed E-state index contributed by atoms with van der Waals surface area (Å²) in [5, 5.41) is 12.4. The standard InChI is InChI=1S/C20H24N2O5/c1-10-17(12(3)23)11(2)21-18(10)20(26)27-13(4)19(25)15-6-8-16(9-7-15)22-14(5)24/h6-9,12-13,21,23H,1-5H3,(H,22,24)/t12-,13+/m0/s1. The third-order valence-electron chi connectivity index (χ3n) is 4.26. The zero-order chi connectivity index (χ0) is 20.3. The summed E-state index contributed by atoms with van der Waals surface area (Å²) in [5.74, 6) is -1.21. The molecule has 1 aromatic heterocycles. The van der Waals surface area contributed by atoms with E-state index in [-0.39, 0.29) is 17.4 Å². The van der Waals surface area contributed by atoms with E-state index in [0.717, 1.165) is 0 Å². The molecule has 0 aliphatic heterocycles. The number of nitrogens with one attached hydrogen (secondary N) is 2. The van der Waals surface area contributed by atoms with Crippen molar-refractivity contribution >= 4 is 23.3 Å². The van der Waals surface area contributed by atoms with Gasteiger partial charge in [0, 0.05) is 29.4 Å². The first-order valence-corrected chi connectivity index (χ1v) is 8.61. The fourth-order valence-electron chi connectivity index (χ4n) is 3.02. The van der Waals surface area contributed by atoms with Crippen LogP contribution in [0.25, 0.3) is 0 Å². The first kappa shape index (κ1) is 20.4. The predicted octanol–water partition coefficient (Wildman–Crippen LogP) is 3.07. The summed E-state index contributed by atoms with van der Waals surface area (Å²) in [6.07, 6.45) is -1.70. The molecule has 2 aromatic rings. The molecule has 1 aromatic carbocycles. The van der Waals surface area contributed by atoms with Crippen molar-refractivity contribution in [1.29, 1.82) is 0 Å². The summed E-state index contributed by atoms with van der Waals surface area (Å²) in [7, 11) is 0. The largest absolute Gasteiger partial charge is 0.450 e. The molecule has 2 atom stereocenters. The molecule has 0 aliphatic rings. The van der Waals surface area contributed by atoms with Crippen molar-refractivity contribution in [2.75, 3.05) is 5.32 Å². The number of benzene rings is 1. The zero-order valence-corrected chi connectivity index (χ0v) is 16.0. The SMILES string of the molecule is CC(=O)Nc1ccc(C(=O)[C@@H](C)OC(=O)c2[nH]c(C)c([C@H](C)O)c2C)cc1. The minimum atomic E-state index is -0.984. The Morgan fingerprint density at radius 1 is 1.11 bits per heavy atom. The van der Waals surface area contributed by atoms with Crippen LogP contribution in [0.3, 0.4) is 0 Å². The van der Waals surface area contributed by atoms with Gasteiger partial charge in [-0.15, -0.1) is 0 Å². The fourth-order valence-corrected chi connectivity index (χ4v) is 3.02. The zero-order valence-electron chi connectivity index (χ0n) is 16.0. The number of H-pyrrole nitrogens is 1. The van der Waals surface area contributed by atoms with Gasteiger partial charge in [-0.3, -0.25) is 9.59 Å². The number of hydrogen-bond donors (Lipinski definition) is 3. The molecule has 0 radical (unpaired) electrons. The minimum absolute atomic E-state index is 0.204. The topological polar surface area (TPSA) is 108 Å². The van der Waals surface area contributed by atoms with Gasteiger partial charge >= 0.3 is 5.97 Å². The van der Waals surface area contributed by atoms with Gasteiger partial charge in [-0.05, 0) is 57.5 Å². The maximum Gasteiger partial charge on any atom is 0.355 e. The minimum Gasteiger partial charge on any atom is -0.450 e. The van der Waals surface area contributed by atoms with Crippen LogP contribution in [0, 0.1) is 13.8 Å². The van der Waals surface area contributed by atoms with Crippen LogP contribution in [0.5, 0.6) is 0 Å². The monoisotopic (exact) mass is 372 g/mol. The molecule has 7 heteroatoms. The van der Waals surface area contributed by atoms with Crippen LogP contribution >= 0.6 is 0 Å². The molecule has 2 rings (SSSR count). The number of amides is 1.